The number of carboxylic acid groups (broad SMARTS) is 1. The molecule has 3 aromatic rings. The number of aromatic nitrogens is 1. The highest BCUT2D eigenvalue weighted by Gasteiger charge is 2.33. The standard InChI is InChI=1S/C27H28FNO3S/c1-15(13-23(31)32)12-20(30)10-11-21-24(17-6-8-19(28)9-7-17)27-26(29-25(21)18-4-5-18)22(14-33-27)16-2-3-16/h6-11,14-16,18,20,30H,2-5,12-13H2,1H3,(H,31,32)/b11-10+/t15-,20-/m1/s1. The first-order chi connectivity index (χ1) is 15.9. The molecule has 2 aliphatic rings. The van der Waals surface area contributed by atoms with Gasteiger partial charge in [-0.25, -0.2) is 4.39 Å². The van der Waals surface area contributed by atoms with Crippen LogP contribution in [0.4, 0.5) is 4.39 Å². The van der Waals surface area contributed by atoms with Gasteiger partial charge in [-0.05, 0) is 72.6 Å². The maximum atomic E-state index is 13.7. The first-order valence-electron chi connectivity index (χ1n) is 11.7. The lowest BCUT2D eigenvalue weighted by molar-refractivity contribution is -0.138. The summed E-state index contributed by atoms with van der Waals surface area (Å²) in [4.78, 5) is 16.1. The third-order valence-corrected chi connectivity index (χ3v) is 7.57. The number of aliphatic carboxylic acids is 1. The fourth-order valence-electron chi connectivity index (χ4n) is 4.59. The molecule has 6 heteroatoms. The molecule has 33 heavy (non-hydrogen) atoms. The van der Waals surface area contributed by atoms with Crippen molar-refractivity contribution >= 4 is 33.6 Å². The van der Waals surface area contributed by atoms with Crippen LogP contribution in [-0.4, -0.2) is 27.3 Å². The van der Waals surface area contributed by atoms with Crippen molar-refractivity contribution in [3.05, 3.63) is 58.4 Å². The van der Waals surface area contributed by atoms with Crippen molar-refractivity contribution in [2.75, 3.05) is 0 Å². The van der Waals surface area contributed by atoms with Crippen LogP contribution in [0.5, 0.6) is 0 Å². The normalized spacial score (nSPS) is 18.2. The van der Waals surface area contributed by atoms with E-state index in [1.54, 1.807) is 17.4 Å². The van der Waals surface area contributed by atoms with Gasteiger partial charge in [-0.15, -0.1) is 11.3 Å². The van der Waals surface area contributed by atoms with Crippen molar-refractivity contribution in [1.29, 1.82) is 0 Å². The Bertz CT molecular complexity index is 1210. The minimum absolute atomic E-state index is 0.0334. The number of fused-ring (bicyclic) bond motifs is 1. The summed E-state index contributed by atoms with van der Waals surface area (Å²) in [5, 5.41) is 21.8. The third kappa shape index (κ3) is 4.87. The molecule has 0 bridgehead atoms. The molecule has 0 saturated heterocycles. The summed E-state index contributed by atoms with van der Waals surface area (Å²) in [5.41, 5.74) is 6.47. The molecule has 2 aliphatic carbocycles. The monoisotopic (exact) mass is 465 g/mol. The van der Waals surface area contributed by atoms with Crippen molar-refractivity contribution in [2.45, 2.75) is 63.4 Å². The highest BCUT2D eigenvalue weighted by molar-refractivity contribution is 7.18. The van der Waals surface area contributed by atoms with Gasteiger partial charge in [-0.1, -0.05) is 31.2 Å². The topological polar surface area (TPSA) is 70.4 Å². The molecular weight excluding hydrogens is 437 g/mol. The molecular formula is C27H28FNO3S. The number of hydrogen-bond acceptors (Lipinski definition) is 4. The minimum Gasteiger partial charge on any atom is -0.481 e. The maximum absolute atomic E-state index is 13.7. The zero-order valence-corrected chi connectivity index (χ0v) is 19.4. The van der Waals surface area contributed by atoms with Gasteiger partial charge in [-0.2, -0.15) is 0 Å². The van der Waals surface area contributed by atoms with Crippen LogP contribution in [0.3, 0.4) is 0 Å². The Balaban J connectivity index is 1.60. The van der Waals surface area contributed by atoms with E-state index in [1.165, 1.54) is 30.5 Å². The second kappa shape index (κ2) is 8.99. The number of nitrogens with zero attached hydrogens (tertiary/aromatic N) is 1. The van der Waals surface area contributed by atoms with Crippen molar-refractivity contribution in [3.8, 4) is 11.1 Å². The van der Waals surface area contributed by atoms with Crippen molar-refractivity contribution in [3.63, 3.8) is 0 Å². The molecule has 0 spiro atoms. The van der Waals surface area contributed by atoms with Gasteiger partial charge < -0.3 is 10.2 Å². The van der Waals surface area contributed by atoms with Crippen molar-refractivity contribution in [1.82, 2.24) is 4.98 Å². The summed E-state index contributed by atoms with van der Waals surface area (Å²) in [6, 6.07) is 6.62. The molecule has 4 nitrogen and oxygen atoms in total. The lowest BCUT2D eigenvalue weighted by Gasteiger charge is -2.15. The summed E-state index contributed by atoms with van der Waals surface area (Å²) in [5.74, 6) is -0.245. The number of carbonyl (C=O) groups is 1. The van der Waals surface area contributed by atoms with Crippen LogP contribution in [-0.2, 0) is 4.79 Å². The largest absolute Gasteiger partial charge is 0.481 e. The summed E-state index contributed by atoms with van der Waals surface area (Å²) in [6.45, 7) is 1.84. The van der Waals surface area contributed by atoms with E-state index in [0.29, 0.717) is 18.3 Å². The van der Waals surface area contributed by atoms with E-state index in [2.05, 4.69) is 5.38 Å². The van der Waals surface area contributed by atoms with Gasteiger partial charge >= 0.3 is 5.97 Å². The fraction of sp³-hybridized carbons (Fsp3) is 0.407. The molecule has 5 rings (SSSR count). The number of carboxylic acids is 1. The molecule has 0 amide bonds. The highest BCUT2D eigenvalue weighted by Crippen LogP contribution is 2.50. The van der Waals surface area contributed by atoms with Crippen LogP contribution in [0.15, 0.2) is 35.7 Å². The third-order valence-electron chi connectivity index (χ3n) is 6.56. The summed E-state index contributed by atoms with van der Waals surface area (Å²) in [7, 11) is 0. The Morgan fingerprint density at radius 3 is 2.55 bits per heavy atom. The Morgan fingerprint density at radius 1 is 1.21 bits per heavy atom. The Morgan fingerprint density at radius 2 is 1.91 bits per heavy atom. The Labute approximate surface area is 196 Å². The molecule has 0 aliphatic heterocycles. The van der Waals surface area contributed by atoms with Crippen LogP contribution >= 0.6 is 11.3 Å². The second-order valence-corrected chi connectivity index (χ2v) is 10.5. The quantitative estimate of drug-likeness (QED) is 0.367. The number of aliphatic hydroxyl groups excluding tert-OH is 1. The predicted octanol–water partition coefficient (Wildman–Crippen LogP) is 6.73. The van der Waals surface area contributed by atoms with Crippen LogP contribution in [0.25, 0.3) is 27.4 Å². The average molecular weight is 466 g/mol. The lowest BCUT2D eigenvalue weighted by atomic mass is 9.94. The number of rotatable bonds is 9. The molecule has 2 N–H and O–H groups in total. The highest BCUT2D eigenvalue weighted by atomic mass is 32.1. The van der Waals surface area contributed by atoms with E-state index in [9.17, 15) is 14.3 Å². The molecule has 2 fully saturated rings. The minimum atomic E-state index is -0.855. The Hall–Kier alpha value is -2.57. The van der Waals surface area contributed by atoms with E-state index in [0.717, 1.165) is 45.4 Å². The van der Waals surface area contributed by atoms with E-state index >= 15 is 0 Å². The van der Waals surface area contributed by atoms with E-state index in [4.69, 9.17) is 10.1 Å². The molecule has 2 aromatic heterocycles. The first-order valence-corrected chi connectivity index (χ1v) is 12.6. The summed E-state index contributed by atoms with van der Waals surface area (Å²) >= 11 is 1.70. The smallest absolute Gasteiger partial charge is 0.303 e. The average Bonchev–Trinajstić information content (AvgIpc) is 3.69. The second-order valence-electron chi connectivity index (χ2n) is 9.58. The van der Waals surface area contributed by atoms with E-state index < -0.39 is 12.1 Å². The number of aliphatic hydroxyl groups is 1. The molecule has 0 radical (unpaired) electrons. The zero-order chi connectivity index (χ0) is 23.1. The molecule has 172 valence electrons. The van der Waals surface area contributed by atoms with Gasteiger partial charge in [0.1, 0.15) is 5.82 Å². The van der Waals surface area contributed by atoms with Gasteiger partial charge in [0.25, 0.3) is 0 Å². The molecule has 2 heterocycles. The first kappa shape index (κ1) is 22.2. The summed E-state index contributed by atoms with van der Waals surface area (Å²) in [6.07, 6.45) is 8.00. The Kier molecular flexibility index (Phi) is 6.06. The number of hydrogen-bond donors (Lipinski definition) is 2. The van der Waals surface area contributed by atoms with Crippen molar-refractivity contribution < 1.29 is 19.4 Å². The van der Waals surface area contributed by atoms with Gasteiger partial charge in [0.15, 0.2) is 0 Å². The van der Waals surface area contributed by atoms with E-state index in [1.807, 2.05) is 25.1 Å². The molecule has 2 atom stereocenters. The fourth-order valence-corrected chi connectivity index (χ4v) is 5.76. The number of halogens is 1. The predicted molar refractivity (Wildman–Crippen MR) is 130 cm³/mol. The molecule has 2 saturated carbocycles. The van der Waals surface area contributed by atoms with E-state index in [-0.39, 0.29) is 18.2 Å². The van der Waals surface area contributed by atoms with Crippen LogP contribution < -0.4 is 0 Å². The maximum Gasteiger partial charge on any atom is 0.303 e. The van der Waals surface area contributed by atoms with Crippen LogP contribution in [0.1, 0.15) is 74.1 Å². The number of pyridine rings is 1. The number of benzene rings is 1. The molecule has 0 unspecified atom stereocenters. The summed E-state index contributed by atoms with van der Waals surface area (Å²) < 4.78 is 14.8. The van der Waals surface area contributed by atoms with Crippen molar-refractivity contribution in [2.24, 2.45) is 5.92 Å². The zero-order valence-electron chi connectivity index (χ0n) is 18.6. The van der Waals surface area contributed by atoms with Gasteiger partial charge in [0.05, 0.1) is 22.0 Å². The van der Waals surface area contributed by atoms with Gasteiger partial charge in [0, 0.05) is 23.5 Å². The SMILES string of the molecule is C[C@@H](CC(=O)O)C[C@H](O)/C=C/c1c(C2CC2)nc2c(C3CC3)csc2c1-c1ccc(F)cc1. The van der Waals surface area contributed by atoms with Gasteiger partial charge in [-0.3, -0.25) is 9.78 Å². The lowest BCUT2D eigenvalue weighted by Crippen LogP contribution is -2.12. The van der Waals surface area contributed by atoms with Crippen LogP contribution in [0, 0.1) is 11.7 Å². The van der Waals surface area contributed by atoms with Gasteiger partial charge in [0.2, 0.25) is 0 Å². The molecule has 1 aromatic carbocycles. The van der Waals surface area contributed by atoms with Crippen LogP contribution in [0.2, 0.25) is 0 Å². The number of thiophene rings is 1.